The van der Waals surface area contributed by atoms with E-state index in [0.717, 1.165) is 21.8 Å². The predicted molar refractivity (Wildman–Crippen MR) is 93.7 cm³/mol. The molecule has 3 nitrogen and oxygen atoms in total. The standard InChI is InChI=1S/C17H14N2OS2/c1-21-15-4-2-3-14(9-15)19-17(20)12-5-6-16(18-10-12)13-7-8-22-11-13/h2-11H,1H3,(H,19,20). The number of anilines is 1. The van der Waals surface area contributed by atoms with Gasteiger partial charge >= 0.3 is 0 Å². The van der Waals surface area contributed by atoms with E-state index in [1.165, 1.54) is 0 Å². The summed E-state index contributed by atoms with van der Waals surface area (Å²) in [7, 11) is 0. The molecule has 1 aromatic carbocycles. The molecular formula is C17H14N2OS2. The number of hydrogen-bond acceptors (Lipinski definition) is 4. The van der Waals surface area contributed by atoms with Gasteiger partial charge in [-0.2, -0.15) is 11.3 Å². The monoisotopic (exact) mass is 326 g/mol. The fourth-order valence-corrected chi connectivity index (χ4v) is 3.12. The Balaban J connectivity index is 1.74. The van der Waals surface area contributed by atoms with Gasteiger partial charge in [0.2, 0.25) is 0 Å². The summed E-state index contributed by atoms with van der Waals surface area (Å²) in [5.41, 5.74) is 3.29. The van der Waals surface area contributed by atoms with Crippen molar-refractivity contribution in [1.29, 1.82) is 0 Å². The molecule has 0 aliphatic rings. The minimum absolute atomic E-state index is 0.150. The Kier molecular flexibility index (Phi) is 4.56. The highest BCUT2D eigenvalue weighted by Crippen LogP contribution is 2.21. The lowest BCUT2D eigenvalue weighted by Gasteiger charge is -2.07. The fourth-order valence-electron chi connectivity index (χ4n) is 2.01. The second kappa shape index (κ2) is 6.77. The molecule has 0 aliphatic carbocycles. The van der Waals surface area contributed by atoms with Crippen molar-refractivity contribution in [2.45, 2.75) is 4.90 Å². The van der Waals surface area contributed by atoms with Crippen LogP contribution in [0, 0.1) is 0 Å². The third-order valence-corrected chi connectivity index (χ3v) is 4.58. The summed E-state index contributed by atoms with van der Waals surface area (Å²) in [5.74, 6) is -0.150. The zero-order valence-electron chi connectivity index (χ0n) is 11.9. The van der Waals surface area contributed by atoms with E-state index in [-0.39, 0.29) is 5.91 Å². The molecule has 3 rings (SSSR count). The molecule has 0 aliphatic heterocycles. The van der Waals surface area contributed by atoms with E-state index in [4.69, 9.17) is 0 Å². The lowest BCUT2D eigenvalue weighted by molar-refractivity contribution is 0.102. The van der Waals surface area contributed by atoms with Gasteiger partial charge in [0, 0.05) is 27.7 Å². The molecule has 3 aromatic rings. The van der Waals surface area contributed by atoms with Gasteiger partial charge in [-0.25, -0.2) is 0 Å². The highest BCUT2D eigenvalue weighted by Gasteiger charge is 2.08. The third kappa shape index (κ3) is 3.37. The molecule has 0 spiro atoms. The van der Waals surface area contributed by atoms with Gasteiger partial charge in [-0.1, -0.05) is 6.07 Å². The number of carbonyl (C=O) groups is 1. The van der Waals surface area contributed by atoms with E-state index in [1.54, 1.807) is 35.4 Å². The lowest BCUT2D eigenvalue weighted by atomic mass is 10.2. The SMILES string of the molecule is CSc1cccc(NC(=O)c2ccc(-c3ccsc3)nc2)c1. The molecule has 1 amide bonds. The molecule has 1 N–H and O–H groups in total. The van der Waals surface area contributed by atoms with Gasteiger partial charge in [-0.05, 0) is 48.0 Å². The maximum Gasteiger partial charge on any atom is 0.257 e. The van der Waals surface area contributed by atoms with Crippen molar-refractivity contribution < 1.29 is 4.79 Å². The maximum atomic E-state index is 12.3. The molecule has 0 atom stereocenters. The number of rotatable bonds is 4. The van der Waals surface area contributed by atoms with E-state index in [9.17, 15) is 4.79 Å². The Hall–Kier alpha value is -2.11. The number of thioether (sulfide) groups is 1. The molecular weight excluding hydrogens is 312 g/mol. The summed E-state index contributed by atoms with van der Waals surface area (Å²) in [6.45, 7) is 0. The Labute approximate surface area is 137 Å². The molecule has 0 saturated carbocycles. The molecule has 2 heterocycles. The number of nitrogens with one attached hydrogen (secondary N) is 1. The molecule has 5 heteroatoms. The molecule has 0 saturated heterocycles. The van der Waals surface area contributed by atoms with E-state index >= 15 is 0 Å². The van der Waals surface area contributed by atoms with E-state index in [1.807, 2.05) is 53.4 Å². The summed E-state index contributed by atoms with van der Waals surface area (Å²) in [5, 5.41) is 6.94. The van der Waals surface area contributed by atoms with E-state index < -0.39 is 0 Å². The second-order valence-electron chi connectivity index (χ2n) is 4.63. The summed E-state index contributed by atoms with van der Waals surface area (Å²) >= 11 is 3.27. The predicted octanol–water partition coefficient (Wildman–Crippen LogP) is 4.78. The number of nitrogens with zero attached hydrogens (tertiary/aromatic N) is 1. The number of benzene rings is 1. The van der Waals surface area contributed by atoms with Crippen LogP contribution in [0.3, 0.4) is 0 Å². The van der Waals surface area contributed by atoms with Crippen LogP contribution in [-0.2, 0) is 0 Å². The molecule has 0 fully saturated rings. The van der Waals surface area contributed by atoms with Crippen molar-refractivity contribution in [3.8, 4) is 11.3 Å². The zero-order valence-corrected chi connectivity index (χ0v) is 13.6. The first-order valence-corrected chi connectivity index (χ1v) is 8.87. The average Bonchev–Trinajstić information content (AvgIpc) is 3.09. The lowest BCUT2D eigenvalue weighted by Crippen LogP contribution is -2.12. The van der Waals surface area contributed by atoms with Gasteiger partial charge in [0.05, 0.1) is 11.3 Å². The van der Waals surface area contributed by atoms with Crippen LogP contribution >= 0.6 is 23.1 Å². The van der Waals surface area contributed by atoms with Crippen LogP contribution in [0.1, 0.15) is 10.4 Å². The number of pyridine rings is 1. The van der Waals surface area contributed by atoms with Gasteiger partial charge in [0.15, 0.2) is 0 Å². The molecule has 0 unspecified atom stereocenters. The molecule has 2 aromatic heterocycles. The van der Waals surface area contributed by atoms with Crippen molar-refractivity contribution in [2.24, 2.45) is 0 Å². The number of thiophene rings is 1. The van der Waals surface area contributed by atoms with Crippen LogP contribution in [0.15, 0.2) is 64.3 Å². The third-order valence-electron chi connectivity index (χ3n) is 3.17. The van der Waals surface area contributed by atoms with Crippen LogP contribution < -0.4 is 5.32 Å². The number of aromatic nitrogens is 1. The largest absolute Gasteiger partial charge is 0.322 e. The summed E-state index contributed by atoms with van der Waals surface area (Å²) < 4.78 is 0. The zero-order chi connectivity index (χ0) is 15.4. The number of carbonyl (C=O) groups excluding carboxylic acids is 1. The minimum atomic E-state index is -0.150. The smallest absolute Gasteiger partial charge is 0.257 e. The first kappa shape index (κ1) is 14.8. The molecule has 22 heavy (non-hydrogen) atoms. The maximum absolute atomic E-state index is 12.3. The van der Waals surface area contributed by atoms with E-state index in [2.05, 4.69) is 10.3 Å². The molecule has 110 valence electrons. The summed E-state index contributed by atoms with van der Waals surface area (Å²) in [4.78, 5) is 17.7. The quantitative estimate of drug-likeness (QED) is 0.701. The topological polar surface area (TPSA) is 42.0 Å². The van der Waals surface area contributed by atoms with Gasteiger partial charge in [0.25, 0.3) is 5.91 Å². The second-order valence-corrected chi connectivity index (χ2v) is 6.29. The van der Waals surface area contributed by atoms with Crippen molar-refractivity contribution in [3.63, 3.8) is 0 Å². The van der Waals surface area contributed by atoms with Gasteiger partial charge < -0.3 is 5.32 Å². The highest BCUT2D eigenvalue weighted by molar-refractivity contribution is 7.98. The number of amides is 1. The Morgan fingerprint density at radius 3 is 2.82 bits per heavy atom. The first-order chi connectivity index (χ1) is 10.8. The van der Waals surface area contributed by atoms with Crippen molar-refractivity contribution in [2.75, 3.05) is 11.6 Å². The summed E-state index contributed by atoms with van der Waals surface area (Å²) in [6.07, 6.45) is 3.62. The minimum Gasteiger partial charge on any atom is -0.322 e. The van der Waals surface area contributed by atoms with Gasteiger partial charge in [-0.3, -0.25) is 9.78 Å². The van der Waals surface area contributed by atoms with Crippen LogP contribution in [0.5, 0.6) is 0 Å². The Morgan fingerprint density at radius 1 is 1.23 bits per heavy atom. The van der Waals surface area contributed by atoms with E-state index in [0.29, 0.717) is 5.56 Å². The Morgan fingerprint density at radius 2 is 2.14 bits per heavy atom. The fraction of sp³-hybridized carbons (Fsp3) is 0.0588. The number of hydrogen-bond donors (Lipinski definition) is 1. The highest BCUT2D eigenvalue weighted by atomic mass is 32.2. The van der Waals surface area contributed by atoms with Gasteiger partial charge in [0.1, 0.15) is 0 Å². The van der Waals surface area contributed by atoms with Crippen molar-refractivity contribution in [1.82, 2.24) is 4.98 Å². The van der Waals surface area contributed by atoms with Crippen LogP contribution in [0.25, 0.3) is 11.3 Å². The van der Waals surface area contributed by atoms with Crippen molar-refractivity contribution in [3.05, 3.63) is 65.0 Å². The normalized spacial score (nSPS) is 10.4. The summed E-state index contributed by atoms with van der Waals surface area (Å²) in [6, 6.07) is 13.5. The Bertz CT molecular complexity index is 768. The average molecular weight is 326 g/mol. The van der Waals surface area contributed by atoms with Crippen LogP contribution in [-0.4, -0.2) is 17.1 Å². The van der Waals surface area contributed by atoms with Gasteiger partial charge in [-0.15, -0.1) is 11.8 Å². The molecule has 0 bridgehead atoms. The van der Waals surface area contributed by atoms with Crippen LogP contribution in [0.2, 0.25) is 0 Å². The first-order valence-electron chi connectivity index (χ1n) is 6.70. The molecule has 0 radical (unpaired) electrons. The van der Waals surface area contributed by atoms with Crippen LogP contribution in [0.4, 0.5) is 5.69 Å². The van der Waals surface area contributed by atoms with Crippen molar-refractivity contribution >= 4 is 34.7 Å².